The maximum atomic E-state index is 14.2. The molecule has 2 unspecified atom stereocenters. The van der Waals surface area contributed by atoms with Gasteiger partial charge in [0, 0.05) is 11.6 Å². The Labute approximate surface area is 132 Å². The predicted octanol–water partition coefficient (Wildman–Crippen LogP) is 3.20. The van der Waals surface area contributed by atoms with Crippen LogP contribution in [0.4, 0.5) is 8.78 Å². The Bertz CT molecular complexity index is 622. The average molecular weight is 382 g/mol. The number of nitrogens with one attached hydrogen (secondary N) is 1. The normalized spacial score (nSPS) is 22.4. The molecule has 21 heavy (non-hydrogen) atoms. The molecule has 1 heterocycles. The van der Waals surface area contributed by atoms with Gasteiger partial charge in [-0.1, -0.05) is 6.92 Å². The zero-order valence-corrected chi connectivity index (χ0v) is 14.1. The molecule has 0 spiro atoms. The molecule has 118 valence electrons. The lowest BCUT2D eigenvalue weighted by Crippen LogP contribution is -2.26. The Morgan fingerprint density at radius 3 is 2.71 bits per heavy atom. The largest absolute Gasteiger partial charge is 0.310 e. The second-order valence-electron chi connectivity index (χ2n) is 5.37. The van der Waals surface area contributed by atoms with Crippen molar-refractivity contribution in [3.63, 3.8) is 0 Å². The molecular formula is C14H18BrF2NO2S. The van der Waals surface area contributed by atoms with Crippen LogP contribution in [0.15, 0.2) is 16.6 Å². The molecule has 1 aromatic carbocycles. The predicted molar refractivity (Wildman–Crippen MR) is 81.9 cm³/mol. The SMILES string of the molecule is CCNC(CC1CCS(=O)(=O)C1)c1c(F)ccc(Br)c1F. The molecule has 1 aliphatic rings. The first-order valence-corrected chi connectivity index (χ1v) is 9.52. The van der Waals surface area contributed by atoms with E-state index >= 15 is 0 Å². The molecule has 1 saturated heterocycles. The lowest BCUT2D eigenvalue weighted by Gasteiger charge is -2.22. The average Bonchev–Trinajstić information content (AvgIpc) is 2.74. The summed E-state index contributed by atoms with van der Waals surface area (Å²) in [5.41, 5.74) is -0.0180. The van der Waals surface area contributed by atoms with Gasteiger partial charge in [0.2, 0.25) is 0 Å². The highest BCUT2D eigenvalue weighted by Gasteiger charge is 2.32. The molecule has 0 aliphatic carbocycles. The van der Waals surface area contributed by atoms with Crippen molar-refractivity contribution in [2.45, 2.75) is 25.8 Å². The molecule has 7 heteroatoms. The van der Waals surface area contributed by atoms with E-state index in [1.54, 1.807) is 0 Å². The Hall–Kier alpha value is -0.530. The number of hydrogen-bond acceptors (Lipinski definition) is 3. The van der Waals surface area contributed by atoms with Gasteiger partial charge in [-0.25, -0.2) is 17.2 Å². The minimum atomic E-state index is -2.99. The quantitative estimate of drug-likeness (QED) is 0.796. The molecule has 0 bridgehead atoms. The monoisotopic (exact) mass is 381 g/mol. The van der Waals surface area contributed by atoms with Gasteiger partial charge in [-0.2, -0.15) is 0 Å². The summed E-state index contributed by atoms with van der Waals surface area (Å²) in [5.74, 6) is -1.02. The summed E-state index contributed by atoms with van der Waals surface area (Å²) in [5, 5.41) is 3.07. The Kier molecular flexibility index (Phi) is 5.38. The highest BCUT2D eigenvalue weighted by molar-refractivity contribution is 9.10. The summed E-state index contributed by atoms with van der Waals surface area (Å²) in [4.78, 5) is 0. The van der Waals surface area contributed by atoms with Crippen molar-refractivity contribution < 1.29 is 17.2 Å². The number of benzene rings is 1. The summed E-state index contributed by atoms with van der Waals surface area (Å²) >= 11 is 3.07. The molecule has 0 radical (unpaired) electrons. The van der Waals surface area contributed by atoms with E-state index < -0.39 is 27.5 Å². The molecule has 1 aliphatic heterocycles. The molecule has 2 rings (SSSR count). The number of rotatable bonds is 5. The maximum Gasteiger partial charge on any atom is 0.150 e. The van der Waals surface area contributed by atoms with E-state index in [4.69, 9.17) is 0 Å². The van der Waals surface area contributed by atoms with Crippen LogP contribution in [0.2, 0.25) is 0 Å². The Morgan fingerprint density at radius 1 is 1.43 bits per heavy atom. The number of halogens is 3. The van der Waals surface area contributed by atoms with Crippen LogP contribution in [-0.2, 0) is 9.84 Å². The molecule has 0 aromatic heterocycles. The molecule has 1 N–H and O–H groups in total. The third kappa shape index (κ3) is 4.02. The first-order chi connectivity index (χ1) is 9.84. The number of sulfone groups is 1. The molecule has 0 saturated carbocycles. The van der Waals surface area contributed by atoms with Gasteiger partial charge in [0.1, 0.15) is 11.6 Å². The summed E-state index contributed by atoms with van der Waals surface area (Å²) in [6.07, 6.45) is 0.971. The fourth-order valence-electron chi connectivity index (χ4n) is 2.80. The van der Waals surface area contributed by atoms with Crippen LogP contribution in [0.25, 0.3) is 0 Å². The zero-order valence-electron chi connectivity index (χ0n) is 11.7. The van der Waals surface area contributed by atoms with Crippen LogP contribution >= 0.6 is 15.9 Å². The van der Waals surface area contributed by atoms with Crippen molar-refractivity contribution in [1.29, 1.82) is 0 Å². The van der Waals surface area contributed by atoms with Crippen molar-refractivity contribution in [2.24, 2.45) is 5.92 Å². The van der Waals surface area contributed by atoms with Crippen LogP contribution in [0.1, 0.15) is 31.4 Å². The second kappa shape index (κ2) is 6.71. The van der Waals surface area contributed by atoms with E-state index in [1.165, 1.54) is 12.1 Å². The van der Waals surface area contributed by atoms with Crippen LogP contribution in [0.3, 0.4) is 0 Å². The molecule has 2 atom stereocenters. The van der Waals surface area contributed by atoms with Crippen LogP contribution in [-0.4, -0.2) is 26.5 Å². The molecule has 0 amide bonds. The highest BCUT2D eigenvalue weighted by atomic mass is 79.9. The van der Waals surface area contributed by atoms with E-state index in [-0.39, 0.29) is 27.5 Å². The first kappa shape index (κ1) is 16.8. The summed E-state index contributed by atoms with van der Waals surface area (Å²) < 4.78 is 51.5. The van der Waals surface area contributed by atoms with Crippen LogP contribution in [0.5, 0.6) is 0 Å². The fourth-order valence-corrected chi connectivity index (χ4v) is 5.03. The van der Waals surface area contributed by atoms with Crippen molar-refractivity contribution in [1.82, 2.24) is 5.32 Å². The van der Waals surface area contributed by atoms with Gasteiger partial charge < -0.3 is 5.32 Å². The lowest BCUT2D eigenvalue weighted by atomic mass is 9.93. The van der Waals surface area contributed by atoms with Gasteiger partial charge in [-0.15, -0.1) is 0 Å². The Morgan fingerprint density at radius 2 is 2.14 bits per heavy atom. The van der Waals surface area contributed by atoms with E-state index in [2.05, 4.69) is 21.2 Å². The molecule has 1 fully saturated rings. The smallest absolute Gasteiger partial charge is 0.150 e. The van der Waals surface area contributed by atoms with Crippen LogP contribution < -0.4 is 5.32 Å². The van der Waals surface area contributed by atoms with E-state index in [0.717, 1.165) is 0 Å². The summed E-state index contributed by atoms with van der Waals surface area (Å²) in [7, 11) is -2.99. The van der Waals surface area contributed by atoms with Gasteiger partial charge >= 0.3 is 0 Å². The molecule has 3 nitrogen and oxygen atoms in total. The third-order valence-corrected chi connectivity index (χ3v) is 6.22. The molecular weight excluding hydrogens is 364 g/mol. The number of hydrogen-bond donors (Lipinski definition) is 1. The molecule has 1 aromatic rings. The lowest BCUT2D eigenvalue weighted by molar-refractivity contribution is 0.394. The van der Waals surface area contributed by atoms with E-state index in [9.17, 15) is 17.2 Å². The van der Waals surface area contributed by atoms with Gasteiger partial charge in [0.15, 0.2) is 9.84 Å². The van der Waals surface area contributed by atoms with Crippen molar-refractivity contribution in [2.75, 3.05) is 18.1 Å². The van der Waals surface area contributed by atoms with E-state index in [0.29, 0.717) is 19.4 Å². The third-order valence-electron chi connectivity index (χ3n) is 3.77. The Balaban J connectivity index is 2.26. The van der Waals surface area contributed by atoms with Crippen molar-refractivity contribution in [3.8, 4) is 0 Å². The van der Waals surface area contributed by atoms with Gasteiger partial charge in [0.05, 0.1) is 16.0 Å². The first-order valence-electron chi connectivity index (χ1n) is 6.91. The van der Waals surface area contributed by atoms with Crippen molar-refractivity contribution >= 4 is 25.8 Å². The minimum absolute atomic E-state index is 0.0180. The van der Waals surface area contributed by atoms with E-state index in [1.807, 2.05) is 6.92 Å². The summed E-state index contributed by atoms with van der Waals surface area (Å²) in [6, 6.07) is 2.03. The summed E-state index contributed by atoms with van der Waals surface area (Å²) in [6.45, 7) is 2.40. The van der Waals surface area contributed by atoms with Gasteiger partial charge in [-0.05, 0) is 53.4 Å². The fraction of sp³-hybridized carbons (Fsp3) is 0.571. The van der Waals surface area contributed by atoms with Crippen LogP contribution in [0, 0.1) is 17.6 Å². The van der Waals surface area contributed by atoms with Gasteiger partial charge in [-0.3, -0.25) is 0 Å². The standard InChI is InChI=1S/C14H18BrF2NO2S/c1-2-18-12(7-9-5-6-21(19,20)8-9)13-11(16)4-3-10(15)14(13)17/h3-4,9,12,18H,2,5-8H2,1H3. The zero-order chi connectivity index (χ0) is 15.6. The minimum Gasteiger partial charge on any atom is -0.310 e. The topological polar surface area (TPSA) is 46.2 Å². The second-order valence-corrected chi connectivity index (χ2v) is 8.45. The maximum absolute atomic E-state index is 14.2. The highest BCUT2D eigenvalue weighted by Crippen LogP contribution is 2.33. The van der Waals surface area contributed by atoms with Crippen molar-refractivity contribution in [3.05, 3.63) is 33.8 Å². The van der Waals surface area contributed by atoms with Gasteiger partial charge in [0.25, 0.3) is 0 Å².